The van der Waals surface area contributed by atoms with Crippen LogP contribution in [0.25, 0.3) is 0 Å². The summed E-state index contributed by atoms with van der Waals surface area (Å²) in [5, 5.41) is 3.20. The molecule has 0 spiro atoms. The number of rotatable bonds is 4. The second kappa shape index (κ2) is 4.79. The van der Waals surface area contributed by atoms with Gasteiger partial charge in [-0.25, -0.2) is 4.98 Å². The van der Waals surface area contributed by atoms with Crippen LogP contribution >= 0.6 is 0 Å². The molecule has 0 aromatic carbocycles. The van der Waals surface area contributed by atoms with Crippen molar-refractivity contribution in [2.45, 2.75) is 45.7 Å². The highest BCUT2D eigenvalue weighted by atomic mass is 15.1. The first-order valence-electron chi connectivity index (χ1n) is 5.97. The molecule has 1 fully saturated rings. The monoisotopic (exact) mass is 207 g/mol. The maximum absolute atomic E-state index is 4.40. The van der Waals surface area contributed by atoms with E-state index >= 15 is 0 Å². The Labute approximate surface area is 91.9 Å². The first-order chi connectivity index (χ1) is 7.31. The van der Waals surface area contributed by atoms with E-state index in [9.17, 15) is 0 Å². The van der Waals surface area contributed by atoms with Crippen LogP contribution in [0.1, 0.15) is 37.2 Å². The summed E-state index contributed by atoms with van der Waals surface area (Å²) in [6.07, 6.45) is 7.63. The number of nitrogens with zero attached hydrogens (tertiary/aromatic N) is 2. The Morgan fingerprint density at radius 3 is 2.87 bits per heavy atom. The number of imidazole rings is 1. The van der Waals surface area contributed by atoms with Crippen molar-refractivity contribution in [3.8, 4) is 0 Å². The Hall–Kier alpha value is -0.830. The summed E-state index contributed by atoms with van der Waals surface area (Å²) in [6, 6.07) is 0. The SMILES string of the molecule is CNCc1cnc(C)n1CC1CCCC1. The normalized spacial score (nSPS) is 17.5. The Balaban J connectivity index is 2.07. The van der Waals surface area contributed by atoms with Crippen LogP contribution < -0.4 is 5.32 Å². The van der Waals surface area contributed by atoms with E-state index in [1.54, 1.807) is 0 Å². The standard InChI is InChI=1S/C12H21N3/c1-10-14-8-12(7-13-2)15(10)9-11-5-3-4-6-11/h8,11,13H,3-7,9H2,1-2H3. The van der Waals surface area contributed by atoms with Gasteiger partial charge in [-0.1, -0.05) is 12.8 Å². The van der Waals surface area contributed by atoms with Gasteiger partial charge in [-0.05, 0) is 32.7 Å². The Morgan fingerprint density at radius 2 is 2.20 bits per heavy atom. The molecule has 2 rings (SSSR count). The second-order valence-electron chi connectivity index (χ2n) is 4.59. The van der Waals surface area contributed by atoms with Crippen molar-refractivity contribution in [1.29, 1.82) is 0 Å². The molecule has 1 saturated carbocycles. The fraction of sp³-hybridized carbons (Fsp3) is 0.750. The first-order valence-corrected chi connectivity index (χ1v) is 5.97. The van der Waals surface area contributed by atoms with Gasteiger partial charge in [0.25, 0.3) is 0 Å². The largest absolute Gasteiger partial charge is 0.331 e. The van der Waals surface area contributed by atoms with Gasteiger partial charge < -0.3 is 9.88 Å². The summed E-state index contributed by atoms with van der Waals surface area (Å²) in [7, 11) is 1.99. The van der Waals surface area contributed by atoms with Crippen molar-refractivity contribution in [2.75, 3.05) is 7.05 Å². The van der Waals surface area contributed by atoms with Gasteiger partial charge in [0.2, 0.25) is 0 Å². The molecule has 15 heavy (non-hydrogen) atoms. The number of aromatic nitrogens is 2. The second-order valence-corrected chi connectivity index (χ2v) is 4.59. The van der Waals surface area contributed by atoms with Crippen molar-refractivity contribution in [3.63, 3.8) is 0 Å². The fourth-order valence-electron chi connectivity index (χ4n) is 2.54. The van der Waals surface area contributed by atoms with Crippen LogP contribution in [0.5, 0.6) is 0 Å². The first kappa shape index (κ1) is 10.7. The van der Waals surface area contributed by atoms with Gasteiger partial charge >= 0.3 is 0 Å². The van der Waals surface area contributed by atoms with Gasteiger partial charge in [0, 0.05) is 19.3 Å². The van der Waals surface area contributed by atoms with E-state index in [0.717, 1.165) is 18.3 Å². The van der Waals surface area contributed by atoms with E-state index in [0.29, 0.717) is 0 Å². The van der Waals surface area contributed by atoms with E-state index < -0.39 is 0 Å². The van der Waals surface area contributed by atoms with Gasteiger partial charge in [0.1, 0.15) is 5.82 Å². The van der Waals surface area contributed by atoms with Gasteiger partial charge in [-0.3, -0.25) is 0 Å². The molecule has 0 amide bonds. The molecule has 0 saturated heterocycles. The maximum atomic E-state index is 4.40. The van der Waals surface area contributed by atoms with Crippen molar-refractivity contribution in [1.82, 2.24) is 14.9 Å². The smallest absolute Gasteiger partial charge is 0.105 e. The zero-order valence-corrected chi connectivity index (χ0v) is 9.79. The summed E-state index contributed by atoms with van der Waals surface area (Å²) >= 11 is 0. The highest BCUT2D eigenvalue weighted by molar-refractivity contribution is 5.04. The summed E-state index contributed by atoms with van der Waals surface area (Å²) < 4.78 is 2.38. The molecule has 84 valence electrons. The number of hydrogen-bond acceptors (Lipinski definition) is 2. The molecule has 0 radical (unpaired) electrons. The van der Waals surface area contributed by atoms with Gasteiger partial charge in [0.15, 0.2) is 0 Å². The summed E-state index contributed by atoms with van der Waals surface area (Å²) in [5.41, 5.74) is 1.32. The average molecular weight is 207 g/mol. The molecule has 1 aliphatic rings. The molecule has 1 heterocycles. The average Bonchev–Trinajstić information content (AvgIpc) is 2.83. The molecule has 0 bridgehead atoms. The quantitative estimate of drug-likeness (QED) is 0.819. The van der Waals surface area contributed by atoms with E-state index in [4.69, 9.17) is 0 Å². The molecule has 1 aliphatic carbocycles. The Kier molecular flexibility index (Phi) is 3.41. The third kappa shape index (κ3) is 2.40. The molecule has 3 nitrogen and oxygen atoms in total. The predicted molar refractivity (Wildman–Crippen MR) is 61.7 cm³/mol. The zero-order chi connectivity index (χ0) is 10.7. The van der Waals surface area contributed by atoms with Crippen LogP contribution in [0, 0.1) is 12.8 Å². The number of nitrogens with one attached hydrogen (secondary N) is 1. The summed E-state index contributed by atoms with van der Waals surface area (Å²) in [4.78, 5) is 4.40. The summed E-state index contributed by atoms with van der Waals surface area (Å²) in [5.74, 6) is 2.04. The molecule has 0 atom stereocenters. The van der Waals surface area contributed by atoms with Crippen LogP contribution in [0.2, 0.25) is 0 Å². The molecule has 1 N–H and O–H groups in total. The van der Waals surface area contributed by atoms with Crippen LogP contribution in [0.15, 0.2) is 6.20 Å². The lowest BCUT2D eigenvalue weighted by Gasteiger charge is -2.14. The molecular weight excluding hydrogens is 186 g/mol. The van der Waals surface area contributed by atoms with Crippen molar-refractivity contribution in [2.24, 2.45) is 5.92 Å². The van der Waals surface area contributed by atoms with E-state index in [-0.39, 0.29) is 0 Å². The Bertz CT molecular complexity index is 311. The van der Waals surface area contributed by atoms with Gasteiger partial charge in [0.05, 0.1) is 5.69 Å². The van der Waals surface area contributed by atoms with Crippen molar-refractivity contribution in [3.05, 3.63) is 17.7 Å². The van der Waals surface area contributed by atoms with Crippen LogP contribution in [0.4, 0.5) is 0 Å². The Morgan fingerprint density at radius 1 is 1.47 bits per heavy atom. The third-order valence-electron chi connectivity index (χ3n) is 3.41. The van der Waals surface area contributed by atoms with Crippen molar-refractivity contribution >= 4 is 0 Å². The topological polar surface area (TPSA) is 29.9 Å². The maximum Gasteiger partial charge on any atom is 0.105 e. The lowest BCUT2D eigenvalue weighted by atomic mass is 10.1. The minimum atomic E-state index is 0.883. The summed E-state index contributed by atoms with van der Waals surface area (Å²) in [6.45, 7) is 4.20. The number of hydrogen-bond donors (Lipinski definition) is 1. The van der Waals surface area contributed by atoms with Crippen LogP contribution in [-0.4, -0.2) is 16.6 Å². The fourth-order valence-corrected chi connectivity index (χ4v) is 2.54. The molecule has 0 unspecified atom stereocenters. The molecular formula is C12H21N3. The lowest BCUT2D eigenvalue weighted by Crippen LogP contribution is -2.15. The predicted octanol–water partition coefficient (Wildman–Crippen LogP) is 2.10. The minimum absolute atomic E-state index is 0.883. The highest BCUT2D eigenvalue weighted by Gasteiger charge is 2.17. The van der Waals surface area contributed by atoms with Crippen LogP contribution in [0.3, 0.4) is 0 Å². The van der Waals surface area contributed by atoms with Gasteiger partial charge in [-0.2, -0.15) is 0 Å². The van der Waals surface area contributed by atoms with Crippen LogP contribution in [-0.2, 0) is 13.1 Å². The third-order valence-corrected chi connectivity index (χ3v) is 3.41. The molecule has 1 aromatic heterocycles. The molecule has 0 aliphatic heterocycles. The number of aryl methyl sites for hydroxylation is 1. The van der Waals surface area contributed by atoms with E-state index in [2.05, 4.69) is 21.8 Å². The zero-order valence-electron chi connectivity index (χ0n) is 9.79. The highest BCUT2D eigenvalue weighted by Crippen LogP contribution is 2.27. The van der Waals surface area contributed by atoms with Gasteiger partial charge in [-0.15, -0.1) is 0 Å². The van der Waals surface area contributed by atoms with E-state index in [1.165, 1.54) is 37.9 Å². The minimum Gasteiger partial charge on any atom is -0.331 e. The lowest BCUT2D eigenvalue weighted by molar-refractivity contribution is 0.440. The van der Waals surface area contributed by atoms with Crippen molar-refractivity contribution < 1.29 is 0 Å². The van der Waals surface area contributed by atoms with E-state index in [1.807, 2.05) is 13.2 Å². The molecule has 3 heteroatoms. The molecule has 1 aromatic rings.